The molecule has 3 fully saturated rings. The monoisotopic (exact) mass is 641 g/mol. The van der Waals surface area contributed by atoms with E-state index in [-0.39, 0.29) is 18.9 Å². The van der Waals surface area contributed by atoms with Crippen molar-refractivity contribution in [2.24, 2.45) is 11.7 Å². The summed E-state index contributed by atoms with van der Waals surface area (Å²) in [6.45, 7) is 0.0307. The molecular formula is C32H33Cl2N3O5S. The molecule has 8 nitrogen and oxygen atoms in total. The molecule has 11 heteroatoms. The Morgan fingerprint density at radius 2 is 1.67 bits per heavy atom. The third-order valence-electron chi connectivity index (χ3n) is 8.73. The molecular weight excluding hydrogens is 609 g/mol. The Hall–Kier alpha value is -2.95. The first-order valence-corrected chi connectivity index (χ1v) is 16.7. The summed E-state index contributed by atoms with van der Waals surface area (Å²) in [5, 5.41) is 1.03. The molecule has 1 heterocycles. The van der Waals surface area contributed by atoms with Crippen molar-refractivity contribution in [3.8, 4) is 0 Å². The van der Waals surface area contributed by atoms with Crippen molar-refractivity contribution in [1.29, 1.82) is 0 Å². The molecule has 226 valence electrons. The number of nitrogens with zero attached hydrogens (tertiary/aromatic N) is 1. The number of ether oxygens (including phenoxy) is 1. The van der Waals surface area contributed by atoms with Gasteiger partial charge in [0.2, 0.25) is 15.9 Å². The van der Waals surface area contributed by atoms with Gasteiger partial charge in [-0.25, -0.2) is 13.1 Å². The summed E-state index contributed by atoms with van der Waals surface area (Å²) in [5.41, 5.74) is 7.80. The van der Waals surface area contributed by atoms with Crippen LogP contribution in [-0.4, -0.2) is 43.8 Å². The van der Waals surface area contributed by atoms with Gasteiger partial charge in [0, 0.05) is 22.6 Å². The second-order valence-electron chi connectivity index (χ2n) is 11.6. The van der Waals surface area contributed by atoms with E-state index in [1.54, 1.807) is 35.2 Å². The molecule has 2 amide bonds. The zero-order chi connectivity index (χ0) is 30.4. The molecule has 3 aromatic carbocycles. The van der Waals surface area contributed by atoms with Crippen LogP contribution in [0.15, 0.2) is 78.9 Å². The molecule has 2 saturated carbocycles. The summed E-state index contributed by atoms with van der Waals surface area (Å²) >= 11 is 12.6. The van der Waals surface area contributed by atoms with Crippen LogP contribution in [0.5, 0.6) is 0 Å². The predicted octanol–water partition coefficient (Wildman–Crippen LogP) is 5.27. The summed E-state index contributed by atoms with van der Waals surface area (Å²) in [4.78, 5) is 28.1. The van der Waals surface area contributed by atoms with Crippen LogP contribution in [0.1, 0.15) is 60.9 Å². The van der Waals surface area contributed by atoms with Gasteiger partial charge in [0.15, 0.2) is 0 Å². The minimum absolute atomic E-state index is 0.0307. The van der Waals surface area contributed by atoms with Crippen LogP contribution in [0, 0.1) is 5.92 Å². The number of rotatable bonds is 11. The van der Waals surface area contributed by atoms with E-state index in [0.29, 0.717) is 22.9 Å². The molecule has 0 radical (unpaired) electrons. The average Bonchev–Trinajstić information content (AvgIpc) is 3.90. The number of primary amides is 1. The van der Waals surface area contributed by atoms with Gasteiger partial charge in [-0.15, -0.1) is 0 Å². The fourth-order valence-corrected chi connectivity index (χ4v) is 8.34. The van der Waals surface area contributed by atoms with Gasteiger partial charge in [0.25, 0.3) is 5.91 Å². The van der Waals surface area contributed by atoms with E-state index in [9.17, 15) is 18.0 Å². The number of sulfonamides is 1. The van der Waals surface area contributed by atoms with Crippen molar-refractivity contribution >= 4 is 45.0 Å². The zero-order valence-corrected chi connectivity index (χ0v) is 25.7. The maximum Gasteiger partial charge on any atom is 0.253 e. The largest absolute Gasteiger partial charge is 0.370 e. The maximum atomic E-state index is 14.2. The van der Waals surface area contributed by atoms with Gasteiger partial charge in [0.05, 0.1) is 12.5 Å². The first kappa shape index (κ1) is 30.1. The highest BCUT2D eigenvalue weighted by Crippen LogP contribution is 2.53. The summed E-state index contributed by atoms with van der Waals surface area (Å²) in [6.07, 6.45) is 0.595. The number of benzene rings is 3. The minimum atomic E-state index is -3.78. The van der Waals surface area contributed by atoms with E-state index in [1.807, 2.05) is 48.5 Å². The highest BCUT2D eigenvalue weighted by atomic mass is 35.5. The summed E-state index contributed by atoms with van der Waals surface area (Å²) in [5.74, 6) is -1.01. The van der Waals surface area contributed by atoms with Crippen LogP contribution >= 0.6 is 23.2 Å². The van der Waals surface area contributed by atoms with Crippen LogP contribution in [0.3, 0.4) is 0 Å². The van der Waals surface area contributed by atoms with Crippen LogP contribution in [0.25, 0.3) is 0 Å². The van der Waals surface area contributed by atoms with Crippen molar-refractivity contribution in [3.05, 3.63) is 106 Å². The Kier molecular flexibility index (Phi) is 8.30. The first-order chi connectivity index (χ1) is 20.6. The van der Waals surface area contributed by atoms with Crippen LogP contribution in [0.2, 0.25) is 10.0 Å². The third-order valence-corrected chi connectivity index (χ3v) is 11.4. The number of morpholine rings is 1. The van der Waals surface area contributed by atoms with E-state index in [4.69, 9.17) is 33.7 Å². The normalized spacial score (nSPS) is 24.0. The Morgan fingerprint density at radius 3 is 2.28 bits per heavy atom. The molecule has 0 bridgehead atoms. The number of amides is 2. The third kappa shape index (κ3) is 6.06. The minimum Gasteiger partial charge on any atom is -0.370 e. The molecule has 0 aromatic heterocycles. The van der Waals surface area contributed by atoms with E-state index in [1.165, 1.54) is 0 Å². The SMILES string of the molecule is NC(=O)C[C@@H]1O[C@H](c2cccc(Cl)c2)[C@@H](c2ccc(Cl)cc2)N([C@H](CNS(=O)(=O)C2(c3ccccc3)CC2)C2CC2)C1=O. The lowest BCUT2D eigenvalue weighted by Gasteiger charge is -2.48. The number of carbonyl (C=O) groups excluding carboxylic acids is 2. The van der Waals surface area contributed by atoms with Crippen molar-refractivity contribution in [2.75, 3.05) is 6.54 Å². The van der Waals surface area contributed by atoms with Crippen molar-refractivity contribution in [3.63, 3.8) is 0 Å². The van der Waals surface area contributed by atoms with Gasteiger partial charge in [-0.1, -0.05) is 77.8 Å². The van der Waals surface area contributed by atoms with Crippen molar-refractivity contribution < 1.29 is 22.7 Å². The van der Waals surface area contributed by atoms with Gasteiger partial charge in [-0.05, 0) is 72.6 Å². The van der Waals surface area contributed by atoms with Crippen molar-refractivity contribution in [1.82, 2.24) is 9.62 Å². The van der Waals surface area contributed by atoms with E-state index >= 15 is 0 Å². The van der Waals surface area contributed by atoms with Crippen LogP contribution in [-0.2, 0) is 29.1 Å². The Balaban J connectivity index is 1.40. The summed E-state index contributed by atoms with van der Waals surface area (Å²) < 4.78 is 35.9. The molecule has 1 saturated heterocycles. The molecule has 4 atom stereocenters. The van der Waals surface area contributed by atoms with E-state index < -0.39 is 50.9 Å². The Bertz CT molecular complexity index is 1610. The van der Waals surface area contributed by atoms with E-state index in [0.717, 1.165) is 29.5 Å². The number of nitrogens with two attached hydrogens (primary N) is 1. The standard InChI is InChI=1S/C32H33Cl2N3O5S/c33-24-13-11-21(12-14-24)29-30(22-5-4-8-25(34)17-22)42-27(18-28(35)38)31(39)37(29)26(20-9-10-20)19-36-43(40,41)32(15-16-32)23-6-2-1-3-7-23/h1-8,11-14,17,20,26-27,29-30,36H,9-10,15-16,18-19H2,(H2,35,38)/t26-,27+,29-,30-/m1/s1. The topological polar surface area (TPSA) is 119 Å². The van der Waals surface area contributed by atoms with Crippen molar-refractivity contribution in [2.45, 2.75) is 61.1 Å². The van der Waals surface area contributed by atoms with Crippen LogP contribution < -0.4 is 10.5 Å². The lowest BCUT2D eigenvalue weighted by Crippen LogP contribution is -2.58. The average molecular weight is 643 g/mol. The highest BCUT2D eigenvalue weighted by molar-refractivity contribution is 7.90. The number of hydrogen-bond donors (Lipinski definition) is 2. The molecule has 43 heavy (non-hydrogen) atoms. The predicted molar refractivity (Wildman–Crippen MR) is 165 cm³/mol. The lowest BCUT2D eigenvalue weighted by atomic mass is 9.89. The smallest absolute Gasteiger partial charge is 0.253 e. The molecule has 1 aliphatic heterocycles. The van der Waals surface area contributed by atoms with Crippen LogP contribution in [0.4, 0.5) is 0 Å². The van der Waals surface area contributed by atoms with E-state index in [2.05, 4.69) is 4.72 Å². The fraction of sp³-hybridized carbons (Fsp3) is 0.375. The van der Waals surface area contributed by atoms with Gasteiger partial charge in [0.1, 0.15) is 17.0 Å². The number of hydrogen-bond acceptors (Lipinski definition) is 5. The number of carbonyl (C=O) groups is 2. The maximum absolute atomic E-state index is 14.2. The quantitative estimate of drug-likeness (QED) is 0.296. The van der Waals surface area contributed by atoms with Gasteiger partial charge >= 0.3 is 0 Å². The molecule has 3 aliphatic rings. The fourth-order valence-electron chi connectivity index (χ4n) is 6.26. The van der Waals surface area contributed by atoms with Gasteiger partial charge in [-0.2, -0.15) is 0 Å². The Labute approximate surface area is 261 Å². The summed E-state index contributed by atoms with van der Waals surface area (Å²) in [6, 6.07) is 22.5. The molecule has 0 spiro atoms. The lowest BCUT2D eigenvalue weighted by molar-refractivity contribution is -0.181. The molecule has 6 rings (SSSR count). The number of halogens is 2. The molecule has 0 unspecified atom stereocenters. The van der Waals surface area contributed by atoms with Gasteiger partial charge < -0.3 is 15.4 Å². The van der Waals surface area contributed by atoms with Gasteiger partial charge in [-0.3, -0.25) is 9.59 Å². The zero-order valence-electron chi connectivity index (χ0n) is 23.4. The second-order valence-corrected chi connectivity index (χ2v) is 14.6. The molecule has 3 N–H and O–H groups in total. The first-order valence-electron chi connectivity index (χ1n) is 14.4. The molecule has 2 aliphatic carbocycles. The Morgan fingerprint density at radius 1 is 0.977 bits per heavy atom. The highest BCUT2D eigenvalue weighted by Gasteiger charge is 2.57. The molecule has 3 aromatic rings. The second kappa shape index (κ2) is 11.9. The number of nitrogens with one attached hydrogen (secondary N) is 1. The summed E-state index contributed by atoms with van der Waals surface area (Å²) in [7, 11) is -3.78.